The lowest BCUT2D eigenvalue weighted by molar-refractivity contribution is 0.180. The Bertz CT molecular complexity index is 5050. The Morgan fingerprint density at radius 3 is 1.18 bits per heavy atom. The molecule has 0 spiro atoms. The van der Waals surface area contributed by atoms with Gasteiger partial charge < -0.3 is 0 Å². The molecule has 0 radical (unpaired) electrons. The van der Waals surface area contributed by atoms with Gasteiger partial charge in [-0.2, -0.15) is 0 Å². The maximum absolute atomic E-state index is 4.08. The SMILES string of the molecule is CC1=CCC2CC(C)CCC2C1.CC1=CCc2cc(C)ccc2C1.CC1=CCc2cc(C)ccc2C1.CC1=Cc2ccc(C)cc2CC1.CC1=Cc2ccc(C)cc2CC1.CC1C=CC2CC(C)CCC2C1.CC1CCC2CC(C)CC=C2C1.Cc1ccc(C)nc1.Cc1ccc(C)nc1.Cc1ccc2c(c1)C=CC(C)C2.Cc1ccc2c(c1)C=CC(C)C2.Cc1cnc(C)nc1. The highest BCUT2D eigenvalue weighted by atomic mass is 14.8. The third kappa shape index (κ3) is 36.0. The van der Waals surface area contributed by atoms with Gasteiger partial charge in [0.1, 0.15) is 5.82 Å². The Morgan fingerprint density at radius 2 is 0.705 bits per heavy atom. The molecule has 3 saturated carbocycles. The van der Waals surface area contributed by atoms with E-state index in [4.69, 9.17) is 0 Å². The summed E-state index contributed by atoms with van der Waals surface area (Å²) in [5, 5.41) is 0. The lowest BCUT2D eigenvalue weighted by Crippen LogP contribution is -2.26. The first-order valence-corrected chi connectivity index (χ1v) is 51.3. The van der Waals surface area contributed by atoms with Crippen molar-refractivity contribution in [3.63, 3.8) is 0 Å². The van der Waals surface area contributed by atoms with Crippen LogP contribution >= 0.6 is 0 Å². The minimum atomic E-state index is 0.709. The van der Waals surface area contributed by atoms with E-state index in [2.05, 4.69) is 339 Å². The van der Waals surface area contributed by atoms with Gasteiger partial charge in [0.05, 0.1) is 0 Å². The van der Waals surface area contributed by atoms with Crippen LogP contribution in [0.3, 0.4) is 0 Å². The second-order valence-electron chi connectivity index (χ2n) is 42.8. The van der Waals surface area contributed by atoms with Crippen LogP contribution in [0, 0.1) is 154 Å². The number of rotatable bonds is 0. The summed E-state index contributed by atoms with van der Waals surface area (Å²) in [6.45, 7) is 52.4. The Hall–Kier alpha value is -9.64. The predicted octanol–water partition coefficient (Wildman–Crippen LogP) is 34.9. The Kier molecular flexibility index (Phi) is 41.8. The first kappa shape index (κ1) is 104. The average molecular weight is 1760 g/mol. The molecule has 0 N–H and O–H groups in total. The fraction of sp³-hybridized carbons (Fsp3) is 0.469. The van der Waals surface area contributed by atoms with E-state index < -0.39 is 0 Å². The topological polar surface area (TPSA) is 51.6 Å². The summed E-state index contributed by atoms with van der Waals surface area (Å²) in [5.41, 5.74) is 41.1. The molecular formula is C128H170N4. The van der Waals surface area contributed by atoms with Crippen molar-refractivity contribution in [2.45, 2.75) is 320 Å². The van der Waals surface area contributed by atoms with E-state index in [-0.39, 0.29) is 0 Å². The van der Waals surface area contributed by atoms with E-state index in [9.17, 15) is 0 Å². The fourth-order valence-electron chi connectivity index (χ4n) is 20.8. The van der Waals surface area contributed by atoms with E-state index in [1.165, 1.54) is 262 Å². The molecule has 4 nitrogen and oxygen atoms in total. The van der Waals surface area contributed by atoms with Crippen LogP contribution in [0.25, 0.3) is 24.3 Å². The summed E-state index contributed by atoms with van der Waals surface area (Å²) in [4.78, 5) is 16.1. The zero-order valence-electron chi connectivity index (χ0n) is 86.6. The number of fused-ring (bicyclic) bond motifs is 9. The minimum absolute atomic E-state index is 0.709. The molecule has 12 atom stereocenters. The Morgan fingerprint density at radius 1 is 0.265 bits per heavy atom. The third-order valence-corrected chi connectivity index (χ3v) is 28.9. The summed E-state index contributed by atoms with van der Waals surface area (Å²) in [6.07, 6.45) is 67.8. The van der Waals surface area contributed by atoms with Crippen molar-refractivity contribution in [1.29, 1.82) is 0 Å². The van der Waals surface area contributed by atoms with Crippen LogP contribution in [-0.4, -0.2) is 19.9 Å². The predicted molar refractivity (Wildman–Crippen MR) is 575 cm³/mol. The molecule has 3 fully saturated rings. The van der Waals surface area contributed by atoms with Crippen LogP contribution in [-0.2, 0) is 51.4 Å². The van der Waals surface area contributed by atoms with Gasteiger partial charge in [-0.3, -0.25) is 9.97 Å². The molecular weight excluding hydrogens is 1590 g/mol. The van der Waals surface area contributed by atoms with Gasteiger partial charge in [-0.25, -0.2) is 9.97 Å². The van der Waals surface area contributed by atoms with Crippen LogP contribution in [0.4, 0.5) is 0 Å². The maximum atomic E-state index is 4.08. The third-order valence-electron chi connectivity index (χ3n) is 28.9. The van der Waals surface area contributed by atoms with Gasteiger partial charge in [0.25, 0.3) is 0 Å². The molecule has 132 heavy (non-hydrogen) atoms. The zero-order chi connectivity index (χ0) is 94.9. The van der Waals surface area contributed by atoms with Gasteiger partial charge in [0.2, 0.25) is 0 Å². The molecule has 0 saturated heterocycles. The number of hydrogen-bond donors (Lipinski definition) is 0. The molecule has 9 aromatic rings. The van der Waals surface area contributed by atoms with Gasteiger partial charge >= 0.3 is 0 Å². The quantitative estimate of drug-likeness (QED) is 0.142. The number of pyridine rings is 2. The Labute approximate surface area is 804 Å². The number of hydrogen-bond acceptors (Lipinski definition) is 4. The minimum Gasteiger partial charge on any atom is -0.261 e. The van der Waals surface area contributed by atoms with Gasteiger partial charge in [0, 0.05) is 36.2 Å². The lowest BCUT2D eigenvalue weighted by atomic mass is 9.68. The molecule has 0 amide bonds. The Balaban J connectivity index is 0.000000150. The van der Waals surface area contributed by atoms with Crippen LogP contribution in [0.2, 0.25) is 0 Å². The molecule has 702 valence electrons. The van der Waals surface area contributed by atoms with E-state index in [0.29, 0.717) is 11.8 Å². The zero-order valence-corrected chi connectivity index (χ0v) is 86.6. The summed E-state index contributed by atoms with van der Waals surface area (Å²) in [5.74, 6) is 12.0. The number of nitrogens with zero attached hydrogens (tertiary/aromatic N) is 4. The number of aryl methyl sites for hydroxylation is 14. The van der Waals surface area contributed by atoms with Crippen molar-refractivity contribution in [2.24, 2.45) is 71.0 Å². The van der Waals surface area contributed by atoms with Crippen molar-refractivity contribution < 1.29 is 0 Å². The number of benzene rings is 6. The van der Waals surface area contributed by atoms with Gasteiger partial charge in [-0.15, -0.1) is 0 Å². The second kappa shape index (κ2) is 52.9. The molecule has 3 heterocycles. The number of allylic oxidation sites excluding steroid dienone is 14. The summed E-state index contributed by atoms with van der Waals surface area (Å²) in [6, 6.07) is 48.6. The fourth-order valence-corrected chi connectivity index (χ4v) is 20.8. The highest BCUT2D eigenvalue weighted by molar-refractivity contribution is 5.62. The first-order chi connectivity index (χ1) is 63.1. The second-order valence-corrected chi connectivity index (χ2v) is 42.8. The van der Waals surface area contributed by atoms with Crippen LogP contribution in [0.15, 0.2) is 240 Å². The summed E-state index contributed by atoms with van der Waals surface area (Å²) >= 11 is 0. The van der Waals surface area contributed by atoms with Crippen molar-refractivity contribution in [1.82, 2.24) is 19.9 Å². The maximum Gasteiger partial charge on any atom is 0.125 e. The van der Waals surface area contributed by atoms with Crippen molar-refractivity contribution in [2.75, 3.05) is 0 Å². The van der Waals surface area contributed by atoms with Gasteiger partial charge in [0.15, 0.2) is 0 Å². The number of aromatic nitrogens is 4. The van der Waals surface area contributed by atoms with Gasteiger partial charge in [-0.1, -0.05) is 322 Å². The molecule has 12 aliphatic carbocycles. The smallest absolute Gasteiger partial charge is 0.125 e. The summed E-state index contributed by atoms with van der Waals surface area (Å²) < 4.78 is 0. The average Bonchev–Trinajstić information content (AvgIpc) is 0.882. The van der Waals surface area contributed by atoms with Crippen molar-refractivity contribution in [3.05, 3.63) is 374 Å². The highest BCUT2D eigenvalue weighted by Crippen LogP contribution is 2.44. The highest BCUT2D eigenvalue weighted by Gasteiger charge is 2.32. The normalized spacial score (nSPS) is 22.9. The van der Waals surface area contributed by atoms with Crippen molar-refractivity contribution in [3.8, 4) is 0 Å². The monoisotopic (exact) mass is 1760 g/mol. The molecule has 0 bridgehead atoms. The van der Waals surface area contributed by atoms with Gasteiger partial charge in [-0.05, 0) is 426 Å². The molecule has 0 aliphatic heterocycles. The molecule has 12 aliphatic rings. The van der Waals surface area contributed by atoms with E-state index >= 15 is 0 Å². The lowest BCUT2D eigenvalue weighted by Gasteiger charge is -2.37. The molecule has 12 unspecified atom stereocenters. The molecule has 6 aromatic carbocycles. The molecule has 3 aromatic heterocycles. The van der Waals surface area contributed by atoms with E-state index in [1.54, 1.807) is 11.1 Å². The largest absolute Gasteiger partial charge is 0.261 e. The van der Waals surface area contributed by atoms with E-state index in [0.717, 1.165) is 108 Å². The molecule has 4 heteroatoms. The van der Waals surface area contributed by atoms with Crippen LogP contribution in [0.1, 0.15) is 320 Å². The van der Waals surface area contributed by atoms with Crippen LogP contribution < -0.4 is 0 Å². The van der Waals surface area contributed by atoms with Crippen LogP contribution in [0.5, 0.6) is 0 Å². The first-order valence-electron chi connectivity index (χ1n) is 51.3. The summed E-state index contributed by atoms with van der Waals surface area (Å²) in [7, 11) is 0. The van der Waals surface area contributed by atoms with E-state index in [1.807, 2.05) is 78.5 Å². The standard InChI is InChI=1S/3C12H20.6C12H14.2C7H9N.C6H8N2/c9*1-9-3-5-12-8-10(2)4-6-11(12)7-9;2*1-6-3-4-7(2)8-5-6;1-5-3-7-6(2)8-4-5/h5,9-11H,3-4,6-8H2,1-2H3;3,10-12H,4-8H2,1-2H3;3,5,9-12H,4,6-8H2,1-2H3;2*3,5,7-8H,4,6H2,1-2H3;2*3-5,7H,6,8H2,1-2H3;2*3-7,10H,8H2,1-2H3;2*3-5H,1-2H3;3-4H,1-2H3. The van der Waals surface area contributed by atoms with Crippen molar-refractivity contribution >= 4 is 24.3 Å². The molecule has 21 rings (SSSR count).